The molecule has 3 rings (SSSR count). The number of phenols is 3. The number of rotatable bonds is 5. The first-order valence-electron chi connectivity index (χ1n) is 9.42. The van der Waals surface area contributed by atoms with Gasteiger partial charge in [0.15, 0.2) is 34.5 Å². The predicted molar refractivity (Wildman–Crippen MR) is 120 cm³/mol. The van der Waals surface area contributed by atoms with Crippen molar-refractivity contribution in [1.82, 2.24) is 0 Å². The summed E-state index contributed by atoms with van der Waals surface area (Å²) in [6, 6.07) is 14.4. The lowest BCUT2D eigenvalue weighted by atomic mass is 10.2. The number of aldehydes is 1. The minimum absolute atomic E-state index is 0.0399. The van der Waals surface area contributed by atoms with Gasteiger partial charge in [0.05, 0.1) is 27.9 Å². The molecule has 0 aliphatic rings. The van der Waals surface area contributed by atoms with E-state index in [0.717, 1.165) is 11.1 Å². The fourth-order valence-corrected chi connectivity index (χ4v) is 2.37. The Bertz CT molecular complexity index is 1000. The maximum absolute atomic E-state index is 10.2. The molecule has 0 spiro atoms. The molecule has 0 saturated heterocycles. The molecule has 0 bridgehead atoms. The standard InChI is InChI=1S/C8H10O3.C8H8O3.C8H10O2/c2*1-11-8-4-6(5-9)2-3-7(8)10;1-6-3-4-7(9)8(5-6)10-2/h2-4,9-10H,5H2,1H3;2-5,10H,1H3;3-5,9H,1-2H3. The van der Waals surface area contributed by atoms with E-state index in [0.29, 0.717) is 29.1 Å². The Morgan fingerprint density at radius 2 is 1.19 bits per heavy atom. The summed E-state index contributed by atoms with van der Waals surface area (Å²) < 4.78 is 14.5. The van der Waals surface area contributed by atoms with Gasteiger partial charge < -0.3 is 34.6 Å². The third-order valence-corrected chi connectivity index (χ3v) is 4.10. The van der Waals surface area contributed by atoms with Crippen molar-refractivity contribution in [2.75, 3.05) is 21.3 Å². The van der Waals surface area contributed by atoms with Gasteiger partial charge in [-0.25, -0.2) is 0 Å². The molecule has 0 fully saturated rings. The van der Waals surface area contributed by atoms with Gasteiger partial charge in [-0.1, -0.05) is 12.1 Å². The van der Waals surface area contributed by atoms with Crippen LogP contribution in [0.4, 0.5) is 0 Å². The van der Waals surface area contributed by atoms with Crippen molar-refractivity contribution in [2.45, 2.75) is 13.5 Å². The highest BCUT2D eigenvalue weighted by Crippen LogP contribution is 2.27. The van der Waals surface area contributed by atoms with Gasteiger partial charge in [-0.3, -0.25) is 4.79 Å². The molecule has 0 aliphatic carbocycles. The van der Waals surface area contributed by atoms with Crippen molar-refractivity contribution in [3.05, 3.63) is 71.3 Å². The maximum Gasteiger partial charge on any atom is 0.161 e. The van der Waals surface area contributed by atoms with Crippen molar-refractivity contribution >= 4 is 6.29 Å². The highest BCUT2D eigenvalue weighted by atomic mass is 16.5. The van der Waals surface area contributed by atoms with E-state index in [4.69, 9.17) is 34.6 Å². The van der Waals surface area contributed by atoms with E-state index >= 15 is 0 Å². The first kappa shape index (κ1) is 26.1. The number of benzene rings is 3. The second-order valence-electron chi connectivity index (χ2n) is 6.39. The number of aromatic hydroxyl groups is 3. The zero-order valence-corrected chi connectivity index (χ0v) is 18.4. The van der Waals surface area contributed by atoms with Crippen molar-refractivity contribution in [3.63, 3.8) is 0 Å². The fraction of sp³-hybridized carbons (Fsp3) is 0.208. The van der Waals surface area contributed by atoms with E-state index in [-0.39, 0.29) is 23.9 Å². The van der Waals surface area contributed by atoms with Crippen molar-refractivity contribution in [2.24, 2.45) is 0 Å². The van der Waals surface area contributed by atoms with Gasteiger partial charge in [-0.2, -0.15) is 0 Å². The van der Waals surface area contributed by atoms with Gasteiger partial charge in [-0.05, 0) is 60.5 Å². The fourth-order valence-electron chi connectivity index (χ4n) is 2.37. The summed E-state index contributed by atoms with van der Waals surface area (Å²) >= 11 is 0. The molecule has 0 aromatic heterocycles. The average molecular weight is 444 g/mol. The van der Waals surface area contributed by atoms with Crippen LogP contribution in [0, 0.1) is 6.92 Å². The number of carbonyl (C=O) groups excluding carboxylic acids is 1. The van der Waals surface area contributed by atoms with Gasteiger partial charge in [0.25, 0.3) is 0 Å². The molecular weight excluding hydrogens is 416 g/mol. The third kappa shape index (κ3) is 8.08. The molecule has 4 N–H and O–H groups in total. The van der Waals surface area contributed by atoms with Gasteiger partial charge in [0.2, 0.25) is 0 Å². The molecule has 3 aromatic rings. The predicted octanol–water partition coefficient (Wildman–Crippen LogP) is 3.82. The lowest BCUT2D eigenvalue weighted by molar-refractivity contribution is 0.112. The van der Waals surface area contributed by atoms with E-state index in [9.17, 15) is 4.79 Å². The Kier molecular flexibility index (Phi) is 10.9. The summed E-state index contributed by atoms with van der Waals surface area (Å²) in [6.45, 7) is 1.90. The Morgan fingerprint density at radius 1 is 0.719 bits per heavy atom. The molecule has 0 aliphatic heterocycles. The zero-order chi connectivity index (χ0) is 24.1. The van der Waals surface area contributed by atoms with Crippen molar-refractivity contribution in [3.8, 4) is 34.5 Å². The molecule has 0 unspecified atom stereocenters. The molecule has 0 radical (unpaired) electrons. The van der Waals surface area contributed by atoms with Crippen LogP contribution in [0.25, 0.3) is 0 Å². The molecule has 8 nitrogen and oxygen atoms in total. The van der Waals surface area contributed by atoms with E-state index in [1.807, 2.05) is 13.0 Å². The van der Waals surface area contributed by atoms with Gasteiger partial charge in [0, 0.05) is 5.56 Å². The van der Waals surface area contributed by atoms with Crippen LogP contribution in [0.5, 0.6) is 34.5 Å². The Labute approximate surface area is 186 Å². The van der Waals surface area contributed by atoms with Crippen LogP contribution in [0.15, 0.2) is 54.6 Å². The second-order valence-corrected chi connectivity index (χ2v) is 6.39. The molecule has 172 valence electrons. The topological polar surface area (TPSA) is 126 Å². The SMILES string of the molecule is COc1cc(C)ccc1O.COc1cc(C=O)ccc1O.COc1cc(CO)ccc1O. The number of carbonyl (C=O) groups is 1. The van der Waals surface area contributed by atoms with E-state index in [2.05, 4.69) is 0 Å². The lowest BCUT2D eigenvalue weighted by Gasteiger charge is -2.03. The Hall–Kier alpha value is -3.91. The average Bonchev–Trinajstić information content (AvgIpc) is 2.82. The number of hydrogen-bond acceptors (Lipinski definition) is 8. The third-order valence-electron chi connectivity index (χ3n) is 4.10. The molecule has 32 heavy (non-hydrogen) atoms. The van der Waals surface area contributed by atoms with Gasteiger partial charge >= 0.3 is 0 Å². The van der Waals surface area contributed by atoms with Crippen LogP contribution < -0.4 is 14.2 Å². The Morgan fingerprint density at radius 3 is 1.66 bits per heavy atom. The van der Waals surface area contributed by atoms with Crippen LogP contribution in [0.2, 0.25) is 0 Å². The first-order valence-corrected chi connectivity index (χ1v) is 9.42. The van der Waals surface area contributed by atoms with Crippen LogP contribution in [0.3, 0.4) is 0 Å². The number of aryl methyl sites for hydroxylation is 1. The lowest BCUT2D eigenvalue weighted by Crippen LogP contribution is -1.87. The Balaban J connectivity index is 0.000000240. The van der Waals surface area contributed by atoms with E-state index < -0.39 is 0 Å². The molecule has 0 saturated carbocycles. The quantitative estimate of drug-likeness (QED) is 0.438. The minimum Gasteiger partial charge on any atom is -0.504 e. The number of aliphatic hydroxyl groups excluding tert-OH is 1. The highest BCUT2D eigenvalue weighted by Gasteiger charge is 2.01. The first-order chi connectivity index (χ1) is 15.3. The summed E-state index contributed by atoms with van der Waals surface area (Å²) in [5.41, 5.74) is 2.29. The number of aliphatic hydroxyl groups is 1. The number of hydrogen-bond donors (Lipinski definition) is 4. The second kappa shape index (κ2) is 13.4. The summed E-state index contributed by atoms with van der Waals surface area (Å²) in [5, 5.41) is 36.0. The largest absolute Gasteiger partial charge is 0.504 e. The van der Waals surface area contributed by atoms with Crippen LogP contribution in [-0.2, 0) is 6.61 Å². The van der Waals surface area contributed by atoms with Crippen LogP contribution in [-0.4, -0.2) is 48.0 Å². The normalized spacial score (nSPS) is 9.41. The summed E-state index contributed by atoms with van der Waals surface area (Å²) in [6.07, 6.45) is 0.696. The molecule has 0 amide bonds. The summed E-state index contributed by atoms with van der Waals surface area (Å²) in [7, 11) is 4.44. The van der Waals surface area contributed by atoms with E-state index in [1.165, 1.54) is 45.6 Å². The van der Waals surface area contributed by atoms with Crippen LogP contribution in [0.1, 0.15) is 21.5 Å². The number of ether oxygens (including phenoxy) is 3. The number of phenolic OH excluding ortho intramolecular Hbond substituents is 3. The smallest absolute Gasteiger partial charge is 0.161 e. The van der Waals surface area contributed by atoms with Crippen molar-refractivity contribution in [1.29, 1.82) is 0 Å². The number of methoxy groups -OCH3 is 3. The molecule has 0 heterocycles. The van der Waals surface area contributed by atoms with E-state index in [1.54, 1.807) is 24.3 Å². The van der Waals surface area contributed by atoms with Gasteiger partial charge in [-0.15, -0.1) is 0 Å². The van der Waals surface area contributed by atoms with Gasteiger partial charge in [0.1, 0.15) is 6.29 Å². The zero-order valence-electron chi connectivity index (χ0n) is 18.4. The molecule has 0 atom stereocenters. The minimum atomic E-state index is -0.0450. The highest BCUT2D eigenvalue weighted by molar-refractivity contribution is 5.76. The maximum atomic E-state index is 10.2. The van der Waals surface area contributed by atoms with Crippen molar-refractivity contribution < 1.29 is 39.4 Å². The summed E-state index contributed by atoms with van der Waals surface area (Å²) in [4.78, 5) is 10.2. The van der Waals surface area contributed by atoms with Crippen LogP contribution >= 0.6 is 0 Å². The monoisotopic (exact) mass is 444 g/mol. The molecule has 3 aromatic carbocycles. The molecule has 8 heteroatoms. The molecular formula is C24H28O8. The summed E-state index contributed by atoms with van der Waals surface area (Å²) in [5.74, 6) is 1.54.